The lowest BCUT2D eigenvalue weighted by Crippen LogP contribution is -2.38. The Hall–Kier alpha value is -3.62. The van der Waals surface area contributed by atoms with Gasteiger partial charge in [0.1, 0.15) is 17.2 Å². The summed E-state index contributed by atoms with van der Waals surface area (Å²) in [4.78, 5) is 25.7. The summed E-state index contributed by atoms with van der Waals surface area (Å²) in [6.07, 6.45) is 3.55. The van der Waals surface area contributed by atoms with E-state index in [0.717, 1.165) is 44.5 Å². The second-order valence-corrected chi connectivity index (χ2v) is 8.41. The van der Waals surface area contributed by atoms with Gasteiger partial charge in [-0.2, -0.15) is 4.98 Å². The third-order valence-corrected chi connectivity index (χ3v) is 6.16. The highest BCUT2D eigenvalue weighted by Gasteiger charge is 2.31. The van der Waals surface area contributed by atoms with E-state index in [4.69, 9.17) is 9.72 Å². The number of amides is 1. The van der Waals surface area contributed by atoms with Crippen molar-refractivity contribution in [3.63, 3.8) is 0 Å². The van der Waals surface area contributed by atoms with Gasteiger partial charge in [0, 0.05) is 26.1 Å². The molecule has 0 aliphatic carbocycles. The highest BCUT2D eigenvalue weighted by molar-refractivity contribution is 5.95. The van der Waals surface area contributed by atoms with Crippen molar-refractivity contribution >= 4 is 11.9 Å². The van der Waals surface area contributed by atoms with E-state index in [1.54, 1.807) is 12.1 Å². The van der Waals surface area contributed by atoms with Gasteiger partial charge in [0.05, 0.1) is 17.8 Å². The topological polar surface area (TPSA) is 58.6 Å². The number of hydrogen-bond acceptors (Lipinski definition) is 5. The van der Waals surface area contributed by atoms with Crippen LogP contribution in [0.1, 0.15) is 40.9 Å². The summed E-state index contributed by atoms with van der Waals surface area (Å²) in [6.45, 7) is 1.85. The molecule has 1 fully saturated rings. The predicted molar refractivity (Wildman–Crippen MR) is 119 cm³/mol. The standard InChI is InChI=1S/C25H23F3N4O2/c26-17-7-2-3-10-21(17)34-23-16-15-32(24(33)22-18(27)8-6-9-19(22)28)14-11-20(16)29-25(30-23)31-12-4-1-5-13-31/h2-3,6-10H,1,4-5,11-15H2. The maximum atomic E-state index is 14.4. The summed E-state index contributed by atoms with van der Waals surface area (Å²) >= 11 is 0. The molecule has 6 nitrogen and oxygen atoms in total. The molecule has 0 spiro atoms. The Kier molecular flexibility index (Phi) is 6.08. The molecule has 1 amide bonds. The molecule has 5 rings (SSSR count). The lowest BCUT2D eigenvalue weighted by Gasteiger charge is -2.32. The van der Waals surface area contributed by atoms with Gasteiger partial charge in [0.2, 0.25) is 11.8 Å². The molecule has 34 heavy (non-hydrogen) atoms. The van der Waals surface area contributed by atoms with Crippen molar-refractivity contribution in [1.82, 2.24) is 14.9 Å². The molecule has 0 unspecified atom stereocenters. The van der Waals surface area contributed by atoms with Crippen LogP contribution in [-0.4, -0.2) is 40.4 Å². The van der Waals surface area contributed by atoms with Crippen LogP contribution in [0, 0.1) is 17.5 Å². The second kappa shape index (κ2) is 9.32. The molecule has 2 aliphatic rings. The number of rotatable bonds is 4. The van der Waals surface area contributed by atoms with Crippen LogP contribution in [-0.2, 0) is 13.0 Å². The Morgan fingerprint density at radius 1 is 0.853 bits per heavy atom. The zero-order valence-corrected chi connectivity index (χ0v) is 18.4. The van der Waals surface area contributed by atoms with Crippen molar-refractivity contribution < 1.29 is 22.7 Å². The summed E-state index contributed by atoms with van der Waals surface area (Å²) < 4.78 is 48.7. The zero-order chi connectivity index (χ0) is 23.7. The summed E-state index contributed by atoms with van der Waals surface area (Å²) in [5.74, 6) is -2.51. The van der Waals surface area contributed by atoms with Crippen LogP contribution >= 0.6 is 0 Å². The Morgan fingerprint density at radius 2 is 1.56 bits per heavy atom. The first-order valence-corrected chi connectivity index (χ1v) is 11.3. The van der Waals surface area contributed by atoms with Crippen molar-refractivity contribution in [2.75, 3.05) is 24.5 Å². The molecule has 2 aliphatic heterocycles. The van der Waals surface area contributed by atoms with Gasteiger partial charge in [-0.25, -0.2) is 18.2 Å². The highest BCUT2D eigenvalue weighted by Crippen LogP contribution is 2.33. The van der Waals surface area contributed by atoms with Crippen molar-refractivity contribution in [2.45, 2.75) is 32.2 Å². The molecule has 0 saturated carbocycles. The fraction of sp³-hybridized carbons (Fsp3) is 0.320. The lowest BCUT2D eigenvalue weighted by atomic mass is 10.0. The molecule has 9 heteroatoms. The minimum absolute atomic E-state index is 0.00316. The number of nitrogens with zero attached hydrogens (tertiary/aromatic N) is 4. The number of carbonyl (C=O) groups is 1. The van der Waals surface area contributed by atoms with E-state index in [-0.39, 0.29) is 24.7 Å². The smallest absolute Gasteiger partial charge is 0.260 e. The van der Waals surface area contributed by atoms with Crippen molar-refractivity contribution in [1.29, 1.82) is 0 Å². The minimum Gasteiger partial charge on any atom is -0.435 e. The molecule has 1 aromatic heterocycles. The van der Waals surface area contributed by atoms with Crippen molar-refractivity contribution in [2.24, 2.45) is 0 Å². The van der Waals surface area contributed by atoms with Crippen LogP contribution in [0.15, 0.2) is 42.5 Å². The Bertz CT molecular complexity index is 1210. The van der Waals surface area contributed by atoms with Crippen LogP contribution in [0.5, 0.6) is 11.6 Å². The van der Waals surface area contributed by atoms with Crippen molar-refractivity contribution in [3.8, 4) is 11.6 Å². The normalized spacial score (nSPS) is 15.7. The van der Waals surface area contributed by atoms with E-state index in [1.807, 2.05) is 0 Å². The lowest BCUT2D eigenvalue weighted by molar-refractivity contribution is 0.0722. The predicted octanol–water partition coefficient (Wildman–Crippen LogP) is 4.88. The average molecular weight is 468 g/mol. The fourth-order valence-electron chi connectivity index (χ4n) is 4.36. The maximum absolute atomic E-state index is 14.4. The number of aromatic nitrogens is 2. The van der Waals surface area contributed by atoms with Crippen molar-refractivity contribution in [3.05, 3.63) is 76.7 Å². The van der Waals surface area contributed by atoms with Gasteiger partial charge < -0.3 is 14.5 Å². The van der Waals surface area contributed by atoms with E-state index in [1.165, 1.54) is 23.1 Å². The number of benzene rings is 2. The zero-order valence-electron chi connectivity index (χ0n) is 18.4. The SMILES string of the molecule is O=C(c1c(F)cccc1F)N1CCc2nc(N3CCCCC3)nc(Oc3ccccc3F)c2C1. The van der Waals surface area contributed by atoms with Gasteiger partial charge in [-0.15, -0.1) is 0 Å². The van der Waals surface area contributed by atoms with Gasteiger partial charge in [-0.3, -0.25) is 4.79 Å². The Labute approximate surface area is 195 Å². The third kappa shape index (κ3) is 4.30. The minimum atomic E-state index is -0.921. The van der Waals surface area contributed by atoms with Gasteiger partial charge in [-0.05, 0) is 43.5 Å². The van der Waals surface area contributed by atoms with Crippen LogP contribution in [0.4, 0.5) is 19.1 Å². The molecule has 0 radical (unpaired) electrons. The summed E-state index contributed by atoms with van der Waals surface area (Å²) in [5.41, 5.74) is 0.578. The van der Waals surface area contributed by atoms with E-state index in [2.05, 4.69) is 9.88 Å². The van der Waals surface area contributed by atoms with Crippen LogP contribution in [0.25, 0.3) is 0 Å². The Balaban J connectivity index is 1.51. The van der Waals surface area contributed by atoms with E-state index < -0.39 is 28.9 Å². The number of hydrogen-bond donors (Lipinski definition) is 0. The summed E-state index contributed by atoms with van der Waals surface area (Å²) in [7, 11) is 0. The van der Waals surface area contributed by atoms with E-state index in [0.29, 0.717) is 23.6 Å². The number of anilines is 1. The highest BCUT2D eigenvalue weighted by atomic mass is 19.1. The molecular weight excluding hydrogens is 445 g/mol. The monoisotopic (exact) mass is 468 g/mol. The van der Waals surface area contributed by atoms with Crippen LogP contribution in [0.3, 0.4) is 0 Å². The molecule has 1 saturated heterocycles. The second-order valence-electron chi connectivity index (χ2n) is 8.41. The largest absolute Gasteiger partial charge is 0.435 e. The fourth-order valence-corrected chi connectivity index (χ4v) is 4.36. The van der Waals surface area contributed by atoms with E-state index >= 15 is 0 Å². The number of ether oxygens (including phenoxy) is 1. The first-order valence-electron chi connectivity index (χ1n) is 11.3. The molecule has 2 aromatic carbocycles. The molecule has 3 heterocycles. The molecule has 3 aromatic rings. The number of carbonyl (C=O) groups excluding carboxylic acids is 1. The van der Waals surface area contributed by atoms with Gasteiger partial charge in [0.25, 0.3) is 5.91 Å². The molecule has 0 N–H and O–H groups in total. The number of halogens is 3. The van der Waals surface area contributed by atoms with Gasteiger partial charge in [-0.1, -0.05) is 18.2 Å². The summed E-state index contributed by atoms with van der Waals surface area (Å²) in [5, 5.41) is 0. The van der Waals surface area contributed by atoms with Gasteiger partial charge in [0.15, 0.2) is 11.6 Å². The first-order chi connectivity index (χ1) is 16.5. The van der Waals surface area contributed by atoms with Gasteiger partial charge >= 0.3 is 0 Å². The van der Waals surface area contributed by atoms with Crippen LogP contribution in [0.2, 0.25) is 0 Å². The Morgan fingerprint density at radius 3 is 2.29 bits per heavy atom. The molecule has 0 atom stereocenters. The van der Waals surface area contributed by atoms with E-state index in [9.17, 15) is 18.0 Å². The molecule has 0 bridgehead atoms. The van der Waals surface area contributed by atoms with Crippen LogP contribution < -0.4 is 9.64 Å². The first kappa shape index (κ1) is 22.2. The number of piperidine rings is 1. The number of para-hydroxylation sites is 1. The molecular formula is C25H23F3N4O2. The number of fused-ring (bicyclic) bond motifs is 1. The quantitative estimate of drug-likeness (QED) is 0.547. The average Bonchev–Trinajstić information content (AvgIpc) is 2.85. The third-order valence-electron chi connectivity index (χ3n) is 6.16. The molecule has 176 valence electrons. The summed E-state index contributed by atoms with van der Waals surface area (Å²) in [6, 6.07) is 9.29. The maximum Gasteiger partial charge on any atom is 0.260 e.